The minimum absolute atomic E-state index is 0. The molecule has 0 radical (unpaired) electrons. The van der Waals surface area contributed by atoms with Gasteiger partial charge in [-0.1, -0.05) is 30.8 Å². The first-order valence-electron chi connectivity index (χ1n) is 5.48. The molecule has 1 rings (SSSR count). The molecule has 5 N–H and O–H groups in total. The molecular formula is C12H17ClKN5O. The van der Waals surface area contributed by atoms with Crippen LogP contribution in [0.1, 0.15) is 5.56 Å². The Hall–Kier alpha value is -0.284. The van der Waals surface area contributed by atoms with Gasteiger partial charge in [-0.25, -0.2) is 0 Å². The molecule has 0 aromatic heterocycles. The van der Waals surface area contributed by atoms with Crippen molar-refractivity contribution in [3.05, 3.63) is 46.7 Å². The van der Waals surface area contributed by atoms with Crippen molar-refractivity contribution in [3.63, 3.8) is 0 Å². The number of nitrogens with two attached hydrogens (primary N) is 2. The van der Waals surface area contributed by atoms with Crippen molar-refractivity contribution in [1.82, 2.24) is 5.01 Å². The Morgan fingerprint density at radius 2 is 1.95 bits per heavy atom. The minimum Gasteiger partial charge on any atom is -0.497 e. The molecule has 20 heavy (non-hydrogen) atoms. The molecule has 0 unspecified atom stereocenters. The molecule has 0 aliphatic carbocycles. The fourth-order valence-electron chi connectivity index (χ4n) is 1.50. The summed E-state index contributed by atoms with van der Waals surface area (Å²) < 4.78 is 5.07. The van der Waals surface area contributed by atoms with Gasteiger partial charge in [0.2, 0.25) is 0 Å². The van der Waals surface area contributed by atoms with Crippen LogP contribution in [0.25, 0.3) is 5.32 Å². The molecule has 6 nitrogen and oxygen atoms in total. The van der Waals surface area contributed by atoms with E-state index >= 15 is 0 Å². The summed E-state index contributed by atoms with van der Waals surface area (Å²) in [6, 6.07) is 7.44. The Balaban J connectivity index is 0.00000361. The molecule has 0 saturated carbocycles. The summed E-state index contributed by atoms with van der Waals surface area (Å²) >= 11 is 5.53. The summed E-state index contributed by atoms with van der Waals surface area (Å²) in [5, 5.41) is 12.3. The third kappa shape index (κ3) is 5.61. The van der Waals surface area contributed by atoms with Crippen LogP contribution >= 0.6 is 11.6 Å². The number of hydrogen-bond acceptors (Lipinski definition) is 5. The summed E-state index contributed by atoms with van der Waals surface area (Å²) in [6.07, 6.45) is 0. The van der Waals surface area contributed by atoms with Gasteiger partial charge in [-0.15, -0.1) is 0 Å². The van der Waals surface area contributed by atoms with Gasteiger partial charge in [-0.2, -0.15) is 0 Å². The van der Waals surface area contributed by atoms with Crippen LogP contribution in [0.15, 0.2) is 35.8 Å². The van der Waals surface area contributed by atoms with E-state index in [0.29, 0.717) is 6.54 Å². The quantitative estimate of drug-likeness (QED) is 0.263. The number of allylic oxidation sites excluding steroid dienone is 1. The van der Waals surface area contributed by atoms with E-state index in [1.165, 1.54) is 12.1 Å². The standard InChI is InChI=1S/C12H17ClN5O.K/c1-17-12(10(14)11(13)15)18(16)7-8-3-5-9(19-2)6-4-8;/h3-6,15H,7,14,16H2,1-2H3;/q-1;+1/b12-10-,15-11?;. The molecule has 0 aliphatic heterocycles. The van der Waals surface area contributed by atoms with Crippen molar-refractivity contribution in [2.24, 2.45) is 11.6 Å². The zero-order chi connectivity index (χ0) is 14.4. The van der Waals surface area contributed by atoms with E-state index in [1.54, 1.807) is 7.11 Å². The third-order valence-corrected chi connectivity index (χ3v) is 2.68. The first kappa shape index (κ1) is 19.7. The molecule has 104 valence electrons. The van der Waals surface area contributed by atoms with E-state index in [2.05, 4.69) is 5.32 Å². The number of methoxy groups -OCH3 is 1. The van der Waals surface area contributed by atoms with Crippen LogP contribution in [0.2, 0.25) is 0 Å². The Morgan fingerprint density at radius 3 is 2.35 bits per heavy atom. The zero-order valence-corrected chi connectivity index (χ0v) is 15.7. The number of hydrogen-bond donors (Lipinski definition) is 3. The van der Waals surface area contributed by atoms with E-state index in [4.69, 9.17) is 33.3 Å². The van der Waals surface area contributed by atoms with Gasteiger partial charge in [0.25, 0.3) is 0 Å². The summed E-state index contributed by atoms with van der Waals surface area (Å²) in [6.45, 7) is 0.390. The van der Waals surface area contributed by atoms with Gasteiger partial charge in [0.05, 0.1) is 12.8 Å². The predicted molar refractivity (Wildman–Crippen MR) is 76.8 cm³/mol. The number of nitrogens with zero attached hydrogens (tertiary/aromatic N) is 2. The Bertz CT molecular complexity index is 477. The van der Waals surface area contributed by atoms with E-state index < -0.39 is 0 Å². The van der Waals surface area contributed by atoms with Crippen molar-refractivity contribution in [2.75, 3.05) is 14.2 Å². The molecule has 0 saturated heterocycles. The average molecular weight is 322 g/mol. The van der Waals surface area contributed by atoms with Crippen LogP contribution < -0.4 is 67.7 Å². The van der Waals surface area contributed by atoms with Gasteiger partial charge >= 0.3 is 51.4 Å². The van der Waals surface area contributed by atoms with Gasteiger partial charge in [0, 0.05) is 0 Å². The van der Waals surface area contributed by atoms with Crippen LogP contribution in [0.3, 0.4) is 0 Å². The smallest absolute Gasteiger partial charge is 0.497 e. The summed E-state index contributed by atoms with van der Waals surface area (Å²) in [4.78, 5) is 0. The molecule has 1 aromatic carbocycles. The third-order valence-electron chi connectivity index (χ3n) is 2.47. The predicted octanol–water partition coefficient (Wildman–Crippen LogP) is -1.28. The van der Waals surface area contributed by atoms with Gasteiger partial charge in [0.1, 0.15) is 10.9 Å². The second kappa shape index (κ2) is 9.62. The number of rotatable bonds is 6. The fraction of sp³-hybridized carbons (Fsp3) is 0.250. The van der Waals surface area contributed by atoms with Crippen molar-refractivity contribution < 1.29 is 56.1 Å². The maximum absolute atomic E-state index is 7.28. The molecule has 0 spiro atoms. The molecule has 0 aliphatic rings. The average Bonchev–Trinajstić information content (AvgIpc) is 2.40. The van der Waals surface area contributed by atoms with Crippen molar-refractivity contribution in [2.45, 2.75) is 6.54 Å². The number of hydrazine groups is 1. The second-order valence-electron chi connectivity index (χ2n) is 3.75. The molecule has 0 fully saturated rings. The van der Waals surface area contributed by atoms with E-state index in [-0.39, 0.29) is 68.1 Å². The monoisotopic (exact) mass is 321 g/mol. The molecular weight excluding hydrogens is 305 g/mol. The normalized spacial score (nSPS) is 11.0. The number of nitrogens with one attached hydrogen (secondary N) is 1. The first-order valence-corrected chi connectivity index (χ1v) is 5.86. The van der Waals surface area contributed by atoms with Gasteiger partial charge in [0.15, 0.2) is 0 Å². The van der Waals surface area contributed by atoms with Gasteiger partial charge in [-0.3, -0.25) is 5.41 Å². The Labute approximate surface area is 166 Å². The van der Waals surface area contributed by atoms with E-state index in [9.17, 15) is 0 Å². The van der Waals surface area contributed by atoms with Crippen molar-refractivity contribution in [3.8, 4) is 5.75 Å². The molecule has 0 atom stereocenters. The molecule has 8 heteroatoms. The van der Waals surface area contributed by atoms with Crippen LogP contribution in [0.4, 0.5) is 0 Å². The zero-order valence-electron chi connectivity index (χ0n) is 11.9. The van der Waals surface area contributed by atoms with Crippen molar-refractivity contribution >= 4 is 16.8 Å². The fourth-order valence-corrected chi connectivity index (χ4v) is 1.59. The first-order chi connectivity index (χ1) is 8.99. The molecule has 0 heterocycles. The Kier molecular flexibility index (Phi) is 9.48. The van der Waals surface area contributed by atoms with Gasteiger partial charge in [-0.05, 0) is 30.1 Å². The topological polar surface area (TPSA) is 102 Å². The van der Waals surface area contributed by atoms with E-state index in [1.807, 2.05) is 24.3 Å². The van der Waals surface area contributed by atoms with Gasteiger partial charge < -0.3 is 26.6 Å². The SMILES string of the molecule is C[N-]/C(=C(/N)C(=N)Cl)N(N)Cc1ccc(OC)cc1.[K+]. The van der Waals surface area contributed by atoms with Crippen LogP contribution in [-0.2, 0) is 6.54 Å². The number of benzene rings is 1. The van der Waals surface area contributed by atoms with Crippen LogP contribution in [-0.4, -0.2) is 24.3 Å². The molecule has 0 bridgehead atoms. The molecule has 1 aromatic rings. The summed E-state index contributed by atoms with van der Waals surface area (Å²) in [7, 11) is 3.14. The number of halogens is 1. The summed E-state index contributed by atoms with van der Waals surface area (Å²) in [5.74, 6) is 6.93. The maximum Gasteiger partial charge on any atom is 1.00 e. The number of ether oxygens (including phenoxy) is 1. The minimum atomic E-state index is -0.286. The largest absolute Gasteiger partial charge is 1.00 e. The van der Waals surface area contributed by atoms with Crippen LogP contribution in [0, 0.1) is 5.41 Å². The maximum atomic E-state index is 7.28. The molecule has 0 amide bonds. The van der Waals surface area contributed by atoms with Crippen LogP contribution in [0.5, 0.6) is 5.75 Å². The van der Waals surface area contributed by atoms with Crippen molar-refractivity contribution in [1.29, 1.82) is 5.41 Å². The summed E-state index contributed by atoms with van der Waals surface area (Å²) in [5.41, 5.74) is 6.66. The van der Waals surface area contributed by atoms with E-state index in [0.717, 1.165) is 11.3 Å². The second-order valence-corrected chi connectivity index (χ2v) is 4.13. The Morgan fingerprint density at radius 1 is 1.40 bits per heavy atom.